The summed E-state index contributed by atoms with van der Waals surface area (Å²) < 4.78 is 4.63. The summed E-state index contributed by atoms with van der Waals surface area (Å²) in [6.45, 7) is 1.86. The van der Waals surface area contributed by atoms with E-state index in [1.807, 2.05) is 13.0 Å². The first-order valence-corrected chi connectivity index (χ1v) is 6.85. The number of nitrogens with one attached hydrogen (secondary N) is 1. The number of thiophene rings is 1. The number of allylic oxidation sites excluding steroid dienone is 3. The molecule has 2 aliphatic rings. The number of carbonyl (C=O) groups is 3. The van der Waals surface area contributed by atoms with Crippen molar-refractivity contribution in [3.63, 3.8) is 0 Å². The molecule has 0 fully saturated rings. The maximum Gasteiger partial charge on any atom is 0.348 e. The summed E-state index contributed by atoms with van der Waals surface area (Å²) in [7, 11) is 1.27. The van der Waals surface area contributed by atoms with Gasteiger partial charge in [-0.25, -0.2) is 4.79 Å². The Labute approximate surface area is 118 Å². The van der Waals surface area contributed by atoms with E-state index in [0.29, 0.717) is 21.7 Å². The van der Waals surface area contributed by atoms with Crippen LogP contribution in [0.4, 0.5) is 0 Å². The highest BCUT2D eigenvalue weighted by Gasteiger charge is 2.37. The fourth-order valence-corrected chi connectivity index (χ4v) is 3.39. The molecule has 2 heterocycles. The zero-order valence-electron chi connectivity index (χ0n) is 10.9. The molecule has 0 aromatic carbocycles. The first kappa shape index (κ1) is 12.8. The molecule has 5 nitrogen and oxygen atoms in total. The quantitative estimate of drug-likeness (QED) is 0.800. The van der Waals surface area contributed by atoms with Crippen LogP contribution in [0.25, 0.3) is 0 Å². The van der Waals surface area contributed by atoms with Gasteiger partial charge in [-0.3, -0.25) is 9.59 Å². The van der Waals surface area contributed by atoms with Gasteiger partial charge in [0.1, 0.15) is 4.88 Å². The van der Waals surface area contributed by atoms with Crippen LogP contribution in [0.3, 0.4) is 0 Å². The molecule has 1 aromatic heterocycles. The molecule has 0 bridgehead atoms. The van der Waals surface area contributed by atoms with E-state index in [-0.39, 0.29) is 22.4 Å². The van der Waals surface area contributed by atoms with E-state index in [1.54, 1.807) is 6.20 Å². The summed E-state index contributed by atoms with van der Waals surface area (Å²) in [5.41, 5.74) is 1.07. The lowest BCUT2D eigenvalue weighted by Gasteiger charge is -2.24. The lowest BCUT2D eigenvalue weighted by molar-refractivity contribution is 0.0606. The van der Waals surface area contributed by atoms with Crippen molar-refractivity contribution in [1.29, 1.82) is 0 Å². The molecule has 1 unspecified atom stereocenters. The summed E-state index contributed by atoms with van der Waals surface area (Å²) >= 11 is 0.994. The first-order chi connectivity index (χ1) is 9.54. The maximum absolute atomic E-state index is 12.5. The van der Waals surface area contributed by atoms with E-state index in [9.17, 15) is 14.4 Å². The highest BCUT2D eigenvalue weighted by atomic mass is 32.1. The molecule has 0 saturated heterocycles. The van der Waals surface area contributed by atoms with E-state index in [1.165, 1.54) is 13.2 Å². The second-order valence-corrected chi connectivity index (χ2v) is 5.64. The van der Waals surface area contributed by atoms with Gasteiger partial charge in [0, 0.05) is 17.1 Å². The van der Waals surface area contributed by atoms with E-state index >= 15 is 0 Å². The van der Waals surface area contributed by atoms with Gasteiger partial charge in [-0.15, -0.1) is 11.3 Å². The summed E-state index contributed by atoms with van der Waals surface area (Å²) in [6, 6.07) is 1.45. The molecular weight excluding hydrogens is 278 g/mol. The summed E-state index contributed by atoms with van der Waals surface area (Å²) in [4.78, 5) is 37.0. The van der Waals surface area contributed by atoms with Gasteiger partial charge in [0.2, 0.25) is 5.78 Å². The minimum atomic E-state index is -0.540. The predicted octanol–water partition coefficient (Wildman–Crippen LogP) is 1.92. The molecule has 1 N–H and O–H groups in total. The topological polar surface area (TPSA) is 72.5 Å². The average Bonchev–Trinajstić information content (AvgIpc) is 2.89. The second kappa shape index (κ2) is 4.42. The van der Waals surface area contributed by atoms with Crippen LogP contribution < -0.4 is 5.32 Å². The van der Waals surface area contributed by atoms with E-state index in [4.69, 9.17) is 0 Å². The Morgan fingerprint density at radius 1 is 1.35 bits per heavy atom. The molecule has 1 aliphatic heterocycles. The van der Waals surface area contributed by atoms with Gasteiger partial charge in [0.05, 0.1) is 17.7 Å². The summed E-state index contributed by atoms with van der Waals surface area (Å²) in [5, 5.41) is 2.84. The number of hydrogen-bond acceptors (Lipinski definition) is 6. The number of rotatable bonds is 1. The molecule has 0 spiro atoms. The van der Waals surface area contributed by atoms with Crippen LogP contribution in [-0.4, -0.2) is 24.6 Å². The van der Waals surface area contributed by atoms with Crippen molar-refractivity contribution < 1.29 is 19.1 Å². The van der Waals surface area contributed by atoms with Crippen LogP contribution >= 0.6 is 11.3 Å². The zero-order valence-corrected chi connectivity index (χ0v) is 11.7. The van der Waals surface area contributed by atoms with Crippen LogP contribution in [0.15, 0.2) is 29.6 Å². The SMILES string of the molecule is COC(=O)c1cc2c(s1)C(=O)C1=C(C2=O)C(C)C=CN1. The highest BCUT2D eigenvalue weighted by Crippen LogP contribution is 2.36. The standard InChI is InChI=1S/C14H11NO4S/c1-6-3-4-15-10-9(6)11(16)7-5-8(14(18)19-2)20-13(7)12(10)17/h3-6,15H,1-2H3. The third-order valence-electron chi connectivity index (χ3n) is 3.38. The van der Waals surface area contributed by atoms with Crippen molar-refractivity contribution in [1.82, 2.24) is 5.32 Å². The highest BCUT2D eigenvalue weighted by molar-refractivity contribution is 7.16. The number of ether oxygens (including phenoxy) is 1. The number of ketones is 2. The fourth-order valence-electron chi connectivity index (χ4n) is 2.37. The minimum Gasteiger partial charge on any atom is -0.465 e. The number of dihydropyridines is 1. The lowest BCUT2D eigenvalue weighted by Crippen LogP contribution is -2.31. The van der Waals surface area contributed by atoms with Gasteiger partial charge in [0.15, 0.2) is 5.78 Å². The van der Waals surface area contributed by atoms with Gasteiger partial charge in [-0.1, -0.05) is 13.0 Å². The Bertz CT molecular complexity index is 711. The van der Waals surface area contributed by atoms with Crippen molar-refractivity contribution in [3.8, 4) is 0 Å². The second-order valence-electron chi connectivity index (χ2n) is 4.58. The number of hydrogen-bond donors (Lipinski definition) is 1. The van der Waals surface area contributed by atoms with Crippen molar-refractivity contribution in [2.45, 2.75) is 6.92 Å². The van der Waals surface area contributed by atoms with E-state index in [2.05, 4.69) is 10.1 Å². The van der Waals surface area contributed by atoms with Crippen molar-refractivity contribution >= 4 is 28.9 Å². The fraction of sp³-hybridized carbons (Fsp3) is 0.214. The number of Topliss-reactive ketones (excluding diaryl/α,β-unsaturated/α-hetero) is 2. The Morgan fingerprint density at radius 2 is 2.10 bits per heavy atom. The van der Waals surface area contributed by atoms with Crippen LogP contribution in [-0.2, 0) is 4.74 Å². The molecule has 1 aliphatic carbocycles. The lowest BCUT2D eigenvalue weighted by atomic mass is 9.84. The predicted molar refractivity (Wildman–Crippen MR) is 72.8 cm³/mol. The van der Waals surface area contributed by atoms with E-state index in [0.717, 1.165) is 11.3 Å². The van der Waals surface area contributed by atoms with E-state index < -0.39 is 5.97 Å². The smallest absolute Gasteiger partial charge is 0.348 e. The summed E-state index contributed by atoms with van der Waals surface area (Å²) in [5.74, 6) is -1.12. The molecule has 1 atom stereocenters. The molecule has 6 heteroatoms. The number of esters is 1. The third kappa shape index (κ3) is 1.65. The Hall–Kier alpha value is -2.21. The number of methoxy groups -OCH3 is 1. The Balaban J connectivity index is 2.13. The van der Waals surface area contributed by atoms with Crippen molar-refractivity contribution in [3.05, 3.63) is 44.9 Å². The largest absolute Gasteiger partial charge is 0.465 e. The Kier molecular flexibility index (Phi) is 2.83. The molecule has 0 amide bonds. The molecule has 102 valence electrons. The molecule has 0 radical (unpaired) electrons. The monoisotopic (exact) mass is 289 g/mol. The number of fused-ring (bicyclic) bond motifs is 1. The molecule has 20 heavy (non-hydrogen) atoms. The van der Waals surface area contributed by atoms with Crippen molar-refractivity contribution in [2.75, 3.05) is 7.11 Å². The normalized spacial score (nSPS) is 20.4. The molecule has 0 saturated carbocycles. The van der Waals surface area contributed by atoms with Crippen LogP contribution in [0, 0.1) is 5.92 Å². The third-order valence-corrected chi connectivity index (χ3v) is 4.49. The minimum absolute atomic E-state index is 0.127. The van der Waals surface area contributed by atoms with Gasteiger partial charge in [-0.05, 0) is 12.3 Å². The first-order valence-electron chi connectivity index (χ1n) is 6.03. The van der Waals surface area contributed by atoms with Gasteiger partial charge in [0.25, 0.3) is 0 Å². The van der Waals surface area contributed by atoms with Gasteiger partial charge >= 0.3 is 5.97 Å². The van der Waals surface area contributed by atoms with Crippen LogP contribution in [0.2, 0.25) is 0 Å². The average molecular weight is 289 g/mol. The van der Waals surface area contributed by atoms with Crippen LogP contribution in [0.5, 0.6) is 0 Å². The van der Waals surface area contributed by atoms with Crippen LogP contribution in [0.1, 0.15) is 36.6 Å². The van der Waals surface area contributed by atoms with Gasteiger partial charge in [-0.2, -0.15) is 0 Å². The van der Waals surface area contributed by atoms with Crippen molar-refractivity contribution in [2.24, 2.45) is 5.92 Å². The van der Waals surface area contributed by atoms with Gasteiger partial charge < -0.3 is 10.1 Å². The molecular formula is C14H11NO4S. The Morgan fingerprint density at radius 3 is 2.80 bits per heavy atom. The zero-order chi connectivity index (χ0) is 14.4. The maximum atomic E-state index is 12.5. The molecule has 3 rings (SSSR count). The molecule has 1 aromatic rings. The number of carbonyl (C=O) groups excluding carboxylic acids is 3. The summed E-state index contributed by atoms with van der Waals surface area (Å²) in [6.07, 6.45) is 3.48.